The van der Waals surface area contributed by atoms with Gasteiger partial charge in [0.25, 0.3) is 0 Å². The van der Waals surface area contributed by atoms with E-state index in [0.29, 0.717) is 5.75 Å². The van der Waals surface area contributed by atoms with Crippen LogP contribution in [0.25, 0.3) is 11.0 Å². The third kappa shape index (κ3) is 2.85. The van der Waals surface area contributed by atoms with Crippen molar-refractivity contribution in [1.29, 1.82) is 0 Å². The van der Waals surface area contributed by atoms with E-state index >= 15 is 0 Å². The molecule has 18 heavy (non-hydrogen) atoms. The van der Waals surface area contributed by atoms with E-state index in [-0.39, 0.29) is 11.7 Å². The standard InChI is InChI=1S/C13H16N2O2S/c1-8(2)12(16)7-18-13-14-10-5-4-9(17-3)6-11(10)15-13/h4-6,8H,7H2,1-3H3,(H,14,15). The van der Waals surface area contributed by atoms with E-state index in [0.717, 1.165) is 21.9 Å². The van der Waals surface area contributed by atoms with E-state index in [1.165, 1.54) is 11.8 Å². The normalized spacial score (nSPS) is 11.1. The molecule has 0 atom stereocenters. The largest absolute Gasteiger partial charge is 0.497 e. The number of fused-ring (bicyclic) bond motifs is 1. The Morgan fingerprint density at radius 2 is 2.28 bits per heavy atom. The van der Waals surface area contributed by atoms with Crippen molar-refractivity contribution in [3.8, 4) is 5.75 Å². The fraction of sp³-hybridized carbons (Fsp3) is 0.385. The first kappa shape index (κ1) is 13.0. The van der Waals surface area contributed by atoms with Gasteiger partial charge in [0.2, 0.25) is 0 Å². The molecule has 1 aromatic carbocycles. The summed E-state index contributed by atoms with van der Waals surface area (Å²) in [6.07, 6.45) is 0. The van der Waals surface area contributed by atoms with Gasteiger partial charge in [-0.25, -0.2) is 4.98 Å². The van der Waals surface area contributed by atoms with Crippen LogP contribution in [0.15, 0.2) is 23.4 Å². The highest BCUT2D eigenvalue weighted by atomic mass is 32.2. The number of carbonyl (C=O) groups is 1. The number of H-pyrrole nitrogens is 1. The number of nitrogens with one attached hydrogen (secondary N) is 1. The summed E-state index contributed by atoms with van der Waals surface area (Å²) in [5.74, 6) is 1.55. The van der Waals surface area contributed by atoms with Crippen LogP contribution in [0.1, 0.15) is 13.8 Å². The maximum Gasteiger partial charge on any atom is 0.166 e. The zero-order valence-corrected chi connectivity index (χ0v) is 11.5. The number of hydrogen-bond acceptors (Lipinski definition) is 4. The Hall–Kier alpha value is -1.49. The number of aromatic nitrogens is 2. The lowest BCUT2D eigenvalue weighted by Crippen LogP contribution is -2.09. The minimum Gasteiger partial charge on any atom is -0.497 e. The number of ether oxygens (including phenoxy) is 1. The van der Waals surface area contributed by atoms with E-state index in [1.54, 1.807) is 7.11 Å². The van der Waals surface area contributed by atoms with E-state index in [1.807, 2.05) is 32.0 Å². The van der Waals surface area contributed by atoms with Crippen molar-refractivity contribution >= 4 is 28.6 Å². The molecule has 1 N–H and O–H groups in total. The van der Waals surface area contributed by atoms with Crippen molar-refractivity contribution in [2.24, 2.45) is 5.92 Å². The minimum absolute atomic E-state index is 0.0713. The maximum absolute atomic E-state index is 11.5. The maximum atomic E-state index is 11.5. The van der Waals surface area contributed by atoms with Crippen molar-refractivity contribution in [1.82, 2.24) is 9.97 Å². The Morgan fingerprint density at radius 1 is 1.50 bits per heavy atom. The van der Waals surface area contributed by atoms with Crippen LogP contribution in [-0.2, 0) is 4.79 Å². The monoisotopic (exact) mass is 264 g/mol. The first-order valence-electron chi connectivity index (χ1n) is 5.79. The minimum atomic E-state index is 0.0713. The molecule has 0 saturated carbocycles. The molecule has 5 heteroatoms. The Bertz CT molecular complexity index is 563. The second-order valence-corrected chi connectivity index (χ2v) is 5.30. The summed E-state index contributed by atoms with van der Waals surface area (Å²) in [6, 6.07) is 5.67. The van der Waals surface area contributed by atoms with Gasteiger partial charge in [-0.1, -0.05) is 25.6 Å². The molecule has 1 heterocycles. The van der Waals surface area contributed by atoms with Gasteiger partial charge in [-0.3, -0.25) is 4.79 Å². The van der Waals surface area contributed by atoms with Crippen LogP contribution in [0.3, 0.4) is 0 Å². The smallest absolute Gasteiger partial charge is 0.166 e. The topological polar surface area (TPSA) is 55.0 Å². The fourth-order valence-corrected chi connectivity index (χ4v) is 2.42. The van der Waals surface area contributed by atoms with Crippen LogP contribution in [0.4, 0.5) is 0 Å². The highest BCUT2D eigenvalue weighted by Gasteiger charge is 2.10. The van der Waals surface area contributed by atoms with E-state index < -0.39 is 0 Å². The van der Waals surface area contributed by atoms with Gasteiger partial charge in [-0.2, -0.15) is 0 Å². The van der Waals surface area contributed by atoms with Gasteiger partial charge in [0.15, 0.2) is 5.16 Å². The van der Waals surface area contributed by atoms with Crippen LogP contribution in [0.2, 0.25) is 0 Å². The molecule has 1 aromatic heterocycles. The number of aromatic amines is 1. The average Bonchev–Trinajstić information content (AvgIpc) is 2.77. The van der Waals surface area contributed by atoms with Crippen molar-refractivity contribution < 1.29 is 9.53 Å². The van der Waals surface area contributed by atoms with Crippen molar-refractivity contribution in [2.45, 2.75) is 19.0 Å². The second-order valence-electron chi connectivity index (χ2n) is 4.33. The first-order valence-corrected chi connectivity index (χ1v) is 6.78. The molecule has 0 fully saturated rings. The van der Waals surface area contributed by atoms with Gasteiger partial charge in [-0.15, -0.1) is 0 Å². The highest BCUT2D eigenvalue weighted by Crippen LogP contribution is 2.23. The molecule has 0 bridgehead atoms. The number of nitrogens with zero attached hydrogens (tertiary/aromatic N) is 1. The predicted octanol–water partition coefficient (Wildman–Crippen LogP) is 2.89. The van der Waals surface area contributed by atoms with Crippen molar-refractivity contribution in [3.63, 3.8) is 0 Å². The number of thioether (sulfide) groups is 1. The summed E-state index contributed by atoms with van der Waals surface area (Å²) < 4.78 is 5.15. The van der Waals surface area contributed by atoms with Crippen LogP contribution in [0.5, 0.6) is 5.75 Å². The molecule has 0 aliphatic carbocycles. The van der Waals surface area contributed by atoms with Crippen LogP contribution >= 0.6 is 11.8 Å². The summed E-state index contributed by atoms with van der Waals surface area (Å²) in [5.41, 5.74) is 1.81. The molecule has 0 unspecified atom stereocenters. The molecule has 0 saturated heterocycles. The van der Waals surface area contributed by atoms with Crippen molar-refractivity contribution in [2.75, 3.05) is 12.9 Å². The predicted molar refractivity (Wildman–Crippen MR) is 73.2 cm³/mol. The molecule has 96 valence electrons. The number of methoxy groups -OCH3 is 1. The molecule has 0 aliphatic heterocycles. The molecular weight excluding hydrogens is 248 g/mol. The lowest BCUT2D eigenvalue weighted by Gasteiger charge is -2.00. The van der Waals surface area contributed by atoms with E-state index in [2.05, 4.69) is 9.97 Å². The zero-order chi connectivity index (χ0) is 13.1. The number of hydrogen-bond donors (Lipinski definition) is 1. The van der Waals surface area contributed by atoms with Gasteiger partial charge in [-0.05, 0) is 12.1 Å². The summed E-state index contributed by atoms with van der Waals surface area (Å²) in [6.45, 7) is 3.82. The summed E-state index contributed by atoms with van der Waals surface area (Å²) >= 11 is 1.44. The average molecular weight is 264 g/mol. The van der Waals surface area contributed by atoms with Crippen LogP contribution < -0.4 is 4.74 Å². The Labute approximate surface area is 110 Å². The SMILES string of the molecule is COc1ccc2nc(SCC(=O)C(C)C)[nH]c2c1. The van der Waals surface area contributed by atoms with Gasteiger partial charge in [0, 0.05) is 12.0 Å². The summed E-state index contributed by atoms with van der Waals surface area (Å²) in [4.78, 5) is 19.2. The fourth-order valence-electron chi connectivity index (χ4n) is 1.47. The van der Waals surface area contributed by atoms with E-state index in [9.17, 15) is 4.79 Å². The molecule has 4 nitrogen and oxygen atoms in total. The number of Topliss-reactive ketones (excluding diaryl/α,β-unsaturated/α-hetero) is 1. The Balaban J connectivity index is 2.12. The number of ketones is 1. The number of imidazole rings is 1. The lowest BCUT2D eigenvalue weighted by atomic mass is 10.1. The molecule has 0 amide bonds. The quantitative estimate of drug-likeness (QED) is 0.844. The van der Waals surface area contributed by atoms with Crippen LogP contribution in [0, 0.1) is 5.92 Å². The third-order valence-electron chi connectivity index (χ3n) is 2.66. The lowest BCUT2D eigenvalue weighted by molar-refractivity contribution is -0.119. The summed E-state index contributed by atoms with van der Waals surface area (Å²) in [5, 5.41) is 0.771. The van der Waals surface area contributed by atoms with Gasteiger partial charge in [0.05, 0.1) is 23.9 Å². The first-order chi connectivity index (χ1) is 8.60. The molecule has 2 rings (SSSR count). The zero-order valence-electron chi connectivity index (χ0n) is 10.7. The van der Waals surface area contributed by atoms with Gasteiger partial charge < -0.3 is 9.72 Å². The van der Waals surface area contributed by atoms with Gasteiger partial charge in [0.1, 0.15) is 11.5 Å². The Kier molecular flexibility index (Phi) is 3.91. The molecule has 0 aliphatic rings. The molecule has 2 aromatic rings. The number of carbonyl (C=O) groups excluding carboxylic acids is 1. The summed E-state index contributed by atoms with van der Waals surface area (Å²) in [7, 11) is 1.63. The van der Waals surface area contributed by atoms with E-state index in [4.69, 9.17) is 4.74 Å². The molecular formula is C13H16N2O2S. The van der Waals surface area contributed by atoms with Crippen molar-refractivity contribution in [3.05, 3.63) is 18.2 Å². The number of benzene rings is 1. The highest BCUT2D eigenvalue weighted by molar-refractivity contribution is 7.99. The second kappa shape index (κ2) is 5.44. The third-order valence-corrected chi connectivity index (χ3v) is 3.56. The Morgan fingerprint density at radius 3 is 2.94 bits per heavy atom. The molecule has 0 radical (unpaired) electrons. The van der Waals surface area contributed by atoms with Gasteiger partial charge >= 0.3 is 0 Å². The number of rotatable bonds is 5. The molecule has 0 spiro atoms. The van der Waals surface area contributed by atoms with Crippen LogP contribution in [-0.4, -0.2) is 28.6 Å².